The lowest BCUT2D eigenvalue weighted by atomic mass is 10.0. The zero-order valence-electron chi connectivity index (χ0n) is 15.7. The van der Waals surface area contributed by atoms with Gasteiger partial charge in [0.15, 0.2) is 0 Å². The van der Waals surface area contributed by atoms with E-state index >= 15 is 0 Å². The third kappa shape index (κ3) is 3.93. The summed E-state index contributed by atoms with van der Waals surface area (Å²) in [6.45, 7) is 3.29. The fourth-order valence-corrected chi connectivity index (χ4v) is 3.01. The zero-order chi connectivity index (χ0) is 20.3. The quantitative estimate of drug-likeness (QED) is 0.618. The molecule has 0 unspecified atom stereocenters. The first kappa shape index (κ1) is 19.3. The standard InChI is InChI=1S/C21H21N3O4/c1-14(2)12-23-19(26)20(27)24(21(23)28)13-18(25)22-17-11-7-6-10-16(17)15-8-4-3-5-9-15/h3-11,14H,12-13H2,1-2H3,(H,22,25). The number of nitrogens with zero attached hydrogens (tertiary/aromatic N) is 2. The van der Waals surface area contributed by atoms with E-state index in [0.717, 1.165) is 16.0 Å². The van der Waals surface area contributed by atoms with Crippen molar-refractivity contribution in [1.29, 1.82) is 0 Å². The number of carbonyl (C=O) groups excluding carboxylic acids is 4. The van der Waals surface area contributed by atoms with E-state index in [4.69, 9.17) is 0 Å². The Morgan fingerprint density at radius 3 is 2.18 bits per heavy atom. The van der Waals surface area contributed by atoms with Crippen molar-refractivity contribution in [2.24, 2.45) is 5.92 Å². The van der Waals surface area contributed by atoms with Gasteiger partial charge in [-0.3, -0.25) is 19.3 Å². The molecular weight excluding hydrogens is 358 g/mol. The molecule has 144 valence electrons. The molecule has 1 aliphatic rings. The van der Waals surface area contributed by atoms with Crippen LogP contribution in [0.4, 0.5) is 10.5 Å². The van der Waals surface area contributed by atoms with Crippen molar-refractivity contribution >= 4 is 29.4 Å². The molecule has 5 amide bonds. The van der Waals surface area contributed by atoms with Gasteiger partial charge in [0.25, 0.3) is 0 Å². The van der Waals surface area contributed by atoms with E-state index in [2.05, 4.69) is 5.32 Å². The molecule has 1 heterocycles. The normalized spacial score (nSPS) is 14.2. The average Bonchev–Trinajstić information content (AvgIpc) is 2.87. The second kappa shape index (κ2) is 8.04. The zero-order valence-corrected chi connectivity index (χ0v) is 15.7. The van der Waals surface area contributed by atoms with Crippen molar-refractivity contribution in [2.45, 2.75) is 13.8 Å². The van der Waals surface area contributed by atoms with Crippen LogP contribution in [-0.2, 0) is 14.4 Å². The first-order chi connectivity index (χ1) is 13.4. The second-order valence-corrected chi connectivity index (χ2v) is 6.94. The summed E-state index contributed by atoms with van der Waals surface area (Å²) in [5.74, 6) is -2.40. The number of rotatable bonds is 6. The summed E-state index contributed by atoms with van der Waals surface area (Å²) >= 11 is 0. The Hall–Kier alpha value is -3.48. The van der Waals surface area contributed by atoms with E-state index in [1.807, 2.05) is 56.3 Å². The molecule has 28 heavy (non-hydrogen) atoms. The SMILES string of the molecule is CC(C)CN1C(=O)C(=O)N(CC(=O)Nc2ccccc2-c2ccccc2)C1=O. The highest BCUT2D eigenvalue weighted by Crippen LogP contribution is 2.27. The van der Waals surface area contributed by atoms with Gasteiger partial charge < -0.3 is 5.32 Å². The highest BCUT2D eigenvalue weighted by Gasteiger charge is 2.45. The maximum atomic E-state index is 12.5. The molecule has 7 nitrogen and oxygen atoms in total. The van der Waals surface area contributed by atoms with E-state index in [9.17, 15) is 19.2 Å². The molecule has 0 radical (unpaired) electrons. The monoisotopic (exact) mass is 379 g/mol. The smallest absolute Gasteiger partial charge is 0.324 e. The van der Waals surface area contributed by atoms with Crippen LogP contribution < -0.4 is 5.32 Å². The maximum Gasteiger partial charge on any atom is 0.334 e. The first-order valence-corrected chi connectivity index (χ1v) is 9.00. The molecule has 1 N–H and O–H groups in total. The number of para-hydroxylation sites is 1. The number of anilines is 1. The van der Waals surface area contributed by atoms with Gasteiger partial charge in [-0.1, -0.05) is 62.4 Å². The molecule has 0 saturated carbocycles. The summed E-state index contributed by atoms with van der Waals surface area (Å²) in [6, 6.07) is 16.0. The Labute approximate surface area is 162 Å². The Balaban J connectivity index is 1.74. The van der Waals surface area contributed by atoms with E-state index in [1.54, 1.807) is 12.1 Å². The predicted octanol–water partition coefficient (Wildman–Crippen LogP) is 2.74. The number of nitrogens with one attached hydrogen (secondary N) is 1. The fourth-order valence-electron chi connectivity index (χ4n) is 3.01. The van der Waals surface area contributed by atoms with Crippen molar-refractivity contribution in [3.8, 4) is 11.1 Å². The van der Waals surface area contributed by atoms with Crippen LogP contribution in [0.25, 0.3) is 11.1 Å². The van der Waals surface area contributed by atoms with Gasteiger partial charge in [0.05, 0.1) is 0 Å². The first-order valence-electron chi connectivity index (χ1n) is 9.00. The number of imide groups is 2. The molecule has 0 atom stereocenters. The summed E-state index contributed by atoms with van der Waals surface area (Å²) < 4.78 is 0. The third-order valence-corrected chi connectivity index (χ3v) is 4.27. The van der Waals surface area contributed by atoms with Crippen LogP contribution >= 0.6 is 0 Å². The lowest BCUT2D eigenvalue weighted by Gasteiger charge is -2.17. The van der Waals surface area contributed by atoms with Gasteiger partial charge in [0.2, 0.25) is 5.91 Å². The van der Waals surface area contributed by atoms with Gasteiger partial charge >= 0.3 is 17.8 Å². The van der Waals surface area contributed by atoms with Crippen molar-refractivity contribution in [1.82, 2.24) is 9.80 Å². The molecule has 1 fully saturated rings. The summed E-state index contributed by atoms with van der Waals surface area (Å²) in [5.41, 5.74) is 2.29. The molecular formula is C21H21N3O4. The summed E-state index contributed by atoms with van der Waals surface area (Å²) in [7, 11) is 0. The fraction of sp³-hybridized carbons (Fsp3) is 0.238. The molecule has 2 aromatic carbocycles. The minimum Gasteiger partial charge on any atom is -0.324 e. The van der Waals surface area contributed by atoms with E-state index in [1.165, 1.54) is 0 Å². The number of hydrogen-bond acceptors (Lipinski definition) is 4. The predicted molar refractivity (Wildman–Crippen MR) is 104 cm³/mol. The van der Waals surface area contributed by atoms with E-state index in [-0.39, 0.29) is 12.5 Å². The molecule has 3 rings (SSSR count). The highest BCUT2D eigenvalue weighted by atomic mass is 16.2. The molecule has 1 aliphatic heterocycles. The van der Waals surface area contributed by atoms with Gasteiger partial charge in [-0.2, -0.15) is 0 Å². The van der Waals surface area contributed by atoms with Gasteiger partial charge in [-0.15, -0.1) is 0 Å². The van der Waals surface area contributed by atoms with Crippen LogP contribution in [0.1, 0.15) is 13.8 Å². The number of hydrogen-bond donors (Lipinski definition) is 1. The Bertz CT molecular complexity index is 924. The Morgan fingerprint density at radius 2 is 1.50 bits per heavy atom. The largest absolute Gasteiger partial charge is 0.334 e. The molecule has 7 heteroatoms. The Morgan fingerprint density at radius 1 is 0.893 bits per heavy atom. The van der Waals surface area contributed by atoms with Crippen molar-refractivity contribution in [2.75, 3.05) is 18.4 Å². The van der Waals surface area contributed by atoms with Gasteiger partial charge in [0.1, 0.15) is 6.54 Å². The van der Waals surface area contributed by atoms with Crippen molar-refractivity contribution < 1.29 is 19.2 Å². The molecule has 2 aromatic rings. The maximum absolute atomic E-state index is 12.5. The minimum atomic E-state index is -0.975. The highest BCUT2D eigenvalue weighted by molar-refractivity contribution is 6.45. The van der Waals surface area contributed by atoms with E-state index in [0.29, 0.717) is 10.6 Å². The number of amides is 5. The topological polar surface area (TPSA) is 86.8 Å². The summed E-state index contributed by atoms with van der Waals surface area (Å²) in [5, 5.41) is 2.73. The van der Waals surface area contributed by atoms with Crippen LogP contribution in [0.15, 0.2) is 54.6 Å². The third-order valence-electron chi connectivity index (χ3n) is 4.27. The van der Waals surface area contributed by atoms with Crippen LogP contribution in [0.3, 0.4) is 0 Å². The lowest BCUT2D eigenvalue weighted by Crippen LogP contribution is -2.39. The molecule has 0 bridgehead atoms. The minimum absolute atomic E-state index is 0.0206. The van der Waals surface area contributed by atoms with Gasteiger partial charge in [0, 0.05) is 17.8 Å². The summed E-state index contributed by atoms with van der Waals surface area (Å²) in [6.07, 6.45) is 0. The average molecular weight is 379 g/mol. The molecule has 1 saturated heterocycles. The van der Waals surface area contributed by atoms with E-state index < -0.39 is 30.3 Å². The molecule has 0 spiro atoms. The van der Waals surface area contributed by atoms with Crippen molar-refractivity contribution in [3.63, 3.8) is 0 Å². The second-order valence-electron chi connectivity index (χ2n) is 6.94. The van der Waals surface area contributed by atoms with Crippen LogP contribution in [0.5, 0.6) is 0 Å². The van der Waals surface area contributed by atoms with Crippen LogP contribution in [0.2, 0.25) is 0 Å². The van der Waals surface area contributed by atoms with Gasteiger partial charge in [-0.05, 0) is 17.5 Å². The number of carbonyl (C=O) groups is 4. The lowest BCUT2D eigenvalue weighted by molar-refractivity contribution is -0.143. The number of urea groups is 1. The van der Waals surface area contributed by atoms with Gasteiger partial charge in [-0.25, -0.2) is 9.69 Å². The number of benzene rings is 2. The molecule has 0 aliphatic carbocycles. The van der Waals surface area contributed by atoms with Crippen LogP contribution in [-0.4, -0.2) is 46.6 Å². The molecule has 0 aromatic heterocycles. The van der Waals surface area contributed by atoms with Crippen molar-refractivity contribution in [3.05, 3.63) is 54.6 Å². The summed E-state index contributed by atoms with van der Waals surface area (Å²) in [4.78, 5) is 50.6. The van der Waals surface area contributed by atoms with Crippen LogP contribution in [0, 0.1) is 5.92 Å². The Kier molecular flexibility index (Phi) is 5.54.